The number of thioether (sulfide) groups is 1. The fourth-order valence-corrected chi connectivity index (χ4v) is 3.65. The third-order valence-corrected chi connectivity index (χ3v) is 5.51. The molecule has 0 aliphatic rings. The molecule has 3 aromatic rings. The highest BCUT2D eigenvalue weighted by Crippen LogP contribution is 2.32. The predicted molar refractivity (Wildman–Crippen MR) is 117 cm³/mol. The number of rotatable bonds is 6. The summed E-state index contributed by atoms with van der Waals surface area (Å²) in [6, 6.07) is 19.9. The third kappa shape index (κ3) is 5.49. The average Bonchev–Trinajstić information content (AvgIpc) is 2.74. The number of benzene rings is 2. The molecule has 3 rings (SSSR count). The second kappa shape index (κ2) is 10.7. The van der Waals surface area contributed by atoms with Gasteiger partial charge in [0.25, 0.3) is 0 Å². The Morgan fingerprint density at radius 1 is 0.821 bits per heavy atom. The molecule has 1 unspecified atom stereocenters. The van der Waals surface area contributed by atoms with E-state index < -0.39 is 0 Å². The van der Waals surface area contributed by atoms with Crippen LogP contribution >= 0.6 is 11.8 Å². The number of carbonyl (C=O) groups is 1. The van der Waals surface area contributed by atoms with E-state index in [1.165, 1.54) is 11.8 Å². The van der Waals surface area contributed by atoms with Crippen LogP contribution in [-0.4, -0.2) is 26.2 Å². The first-order valence-corrected chi connectivity index (χ1v) is 10.5. The summed E-state index contributed by atoms with van der Waals surface area (Å²) in [6.07, 6.45) is 0. The van der Waals surface area contributed by atoms with Gasteiger partial charge in [-0.1, -0.05) is 100 Å². The molecule has 1 aromatic heterocycles. The molecule has 0 N–H and O–H groups in total. The van der Waals surface area contributed by atoms with Crippen molar-refractivity contribution < 1.29 is 4.79 Å². The molecule has 0 saturated heterocycles. The molecule has 0 saturated carbocycles. The van der Waals surface area contributed by atoms with Crippen molar-refractivity contribution in [3.8, 4) is 22.5 Å². The molecule has 0 bridgehead atoms. The lowest BCUT2D eigenvalue weighted by Gasteiger charge is -2.16. The summed E-state index contributed by atoms with van der Waals surface area (Å²) >= 11 is 1.38. The molecular formula is C23H27N3OS. The van der Waals surface area contributed by atoms with Crippen molar-refractivity contribution in [3.05, 3.63) is 60.7 Å². The van der Waals surface area contributed by atoms with Gasteiger partial charge in [0.05, 0.1) is 5.25 Å². The Hall–Kier alpha value is -2.53. The van der Waals surface area contributed by atoms with Crippen LogP contribution in [0.1, 0.15) is 34.6 Å². The molecule has 1 atom stereocenters. The molecule has 0 aliphatic carbocycles. The molecule has 0 amide bonds. The highest BCUT2D eigenvalue weighted by molar-refractivity contribution is 8.00. The topological polar surface area (TPSA) is 55.7 Å². The fraction of sp³-hybridized carbons (Fsp3) is 0.304. The van der Waals surface area contributed by atoms with Gasteiger partial charge < -0.3 is 0 Å². The van der Waals surface area contributed by atoms with E-state index in [0.717, 1.165) is 22.5 Å². The van der Waals surface area contributed by atoms with E-state index in [4.69, 9.17) is 4.98 Å². The number of carbonyl (C=O) groups excluding carboxylic acids is 1. The van der Waals surface area contributed by atoms with Crippen LogP contribution in [-0.2, 0) is 4.79 Å². The van der Waals surface area contributed by atoms with Gasteiger partial charge in [-0.15, -0.1) is 10.2 Å². The SMILES string of the molecule is CC.CC(=O)C(Sc1nnc(-c2ccccc2)c(-c2ccccc2)n1)C(C)C. The molecule has 5 heteroatoms. The summed E-state index contributed by atoms with van der Waals surface area (Å²) in [6.45, 7) is 9.67. The van der Waals surface area contributed by atoms with Crippen LogP contribution in [0, 0.1) is 5.92 Å². The van der Waals surface area contributed by atoms with E-state index in [1.807, 2.05) is 88.4 Å². The number of Topliss-reactive ketones (excluding diaryl/α,β-unsaturated/α-hetero) is 1. The number of aromatic nitrogens is 3. The smallest absolute Gasteiger partial charge is 0.210 e. The Morgan fingerprint density at radius 3 is 1.79 bits per heavy atom. The first-order chi connectivity index (χ1) is 13.6. The van der Waals surface area contributed by atoms with Crippen molar-refractivity contribution in [3.63, 3.8) is 0 Å². The van der Waals surface area contributed by atoms with E-state index >= 15 is 0 Å². The first-order valence-electron chi connectivity index (χ1n) is 9.59. The lowest BCUT2D eigenvalue weighted by molar-refractivity contribution is -0.117. The van der Waals surface area contributed by atoms with Gasteiger partial charge in [-0.3, -0.25) is 4.79 Å². The number of hydrogen-bond donors (Lipinski definition) is 0. The monoisotopic (exact) mass is 393 g/mol. The maximum atomic E-state index is 11.9. The standard InChI is InChI=1S/C21H21N3OS.C2H6/c1-14(2)20(15(3)25)26-21-22-18(16-10-6-4-7-11-16)19(23-24-21)17-12-8-5-9-13-17;1-2/h4-14,20H,1-3H3;1-2H3. The summed E-state index contributed by atoms with van der Waals surface area (Å²) in [5, 5.41) is 9.10. The number of nitrogens with zero attached hydrogens (tertiary/aromatic N) is 3. The molecule has 2 aromatic carbocycles. The van der Waals surface area contributed by atoms with Crippen LogP contribution in [0.5, 0.6) is 0 Å². The van der Waals surface area contributed by atoms with Crippen LogP contribution in [0.15, 0.2) is 65.8 Å². The van der Waals surface area contributed by atoms with Gasteiger partial charge in [-0.05, 0) is 12.8 Å². The van der Waals surface area contributed by atoms with Crippen LogP contribution in [0.4, 0.5) is 0 Å². The molecule has 0 radical (unpaired) electrons. The lowest BCUT2D eigenvalue weighted by Crippen LogP contribution is -2.20. The van der Waals surface area contributed by atoms with Gasteiger partial charge in [-0.25, -0.2) is 4.98 Å². The highest BCUT2D eigenvalue weighted by Gasteiger charge is 2.22. The van der Waals surface area contributed by atoms with E-state index in [1.54, 1.807) is 6.92 Å². The Balaban J connectivity index is 0.00000136. The van der Waals surface area contributed by atoms with Crippen LogP contribution in [0.3, 0.4) is 0 Å². The molecular weight excluding hydrogens is 366 g/mol. The van der Waals surface area contributed by atoms with Crippen LogP contribution < -0.4 is 0 Å². The normalized spacial score (nSPS) is 11.5. The van der Waals surface area contributed by atoms with Gasteiger partial charge in [0.2, 0.25) is 5.16 Å². The third-order valence-electron chi connectivity index (χ3n) is 4.00. The summed E-state index contributed by atoms with van der Waals surface area (Å²) in [7, 11) is 0. The van der Waals surface area contributed by atoms with Crippen molar-refractivity contribution in [2.75, 3.05) is 0 Å². The summed E-state index contributed by atoms with van der Waals surface area (Å²) in [4.78, 5) is 16.7. The van der Waals surface area contributed by atoms with Crippen molar-refractivity contribution in [2.24, 2.45) is 5.92 Å². The molecule has 0 spiro atoms. The van der Waals surface area contributed by atoms with Gasteiger partial charge in [0.1, 0.15) is 17.2 Å². The zero-order valence-electron chi connectivity index (χ0n) is 17.1. The summed E-state index contributed by atoms with van der Waals surface area (Å²) < 4.78 is 0. The zero-order valence-corrected chi connectivity index (χ0v) is 17.9. The maximum Gasteiger partial charge on any atom is 0.210 e. The van der Waals surface area contributed by atoms with Gasteiger partial charge in [0.15, 0.2) is 0 Å². The average molecular weight is 394 g/mol. The van der Waals surface area contributed by atoms with E-state index in [-0.39, 0.29) is 17.0 Å². The largest absolute Gasteiger partial charge is 0.299 e. The molecule has 1 heterocycles. The van der Waals surface area contributed by atoms with Crippen molar-refractivity contribution in [1.82, 2.24) is 15.2 Å². The van der Waals surface area contributed by atoms with Crippen molar-refractivity contribution in [1.29, 1.82) is 0 Å². The molecule has 146 valence electrons. The summed E-state index contributed by atoms with van der Waals surface area (Å²) in [5.41, 5.74) is 3.47. The van der Waals surface area contributed by atoms with Gasteiger partial charge in [0, 0.05) is 11.1 Å². The number of ketones is 1. The first kappa shape index (κ1) is 21.8. The Labute approximate surface area is 171 Å². The minimum absolute atomic E-state index is 0.127. The molecule has 4 nitrogen and oxygen atoms in total. The fourth-order valence-electron chi connectivity index (χ4n) is 2.75. The second-order valence-electron chi connectivity index (χ2n) is 6.42. The highest BCUT2D eigenvalue weighted by atomic mass is 32.2. The zero-order chi connectivity index (χ0) is 20.5. The lowest BCUT2D eigenvalue weighted by atomic mass is 10.0. The van der Waals surface area contributed by atoms with Crippen LogP contribution in [0.25, 0.3) is 22.5 Å². The second-order valence-corrected chi connectivity index (χ2v) is 7.53. The van der Waals surface area contributed by atoms with Crippen LogP contribution in [0.2, 0.25) is 0 Å². The Kier molecular flexibility index (Phi) is 8.33. The molecule has 0 fully saturated rings. The van der Waals surface area contributed by atoms with E-state index in [2.05, 4.69) is 10.2 Å². The maximum absolute atomic E-state index is 11.9. The van der Waals surface area contributed by atoms with E-state index in [9.17, 15) is 4.79 Å². The Morgan fingerprint density at radius 2 is 1.32 bits per heavy atom. The van der Waals surface area contributed by atoms with E-state index in [0.29, 0.717) is 5.16 Å². The molecule has 28 heavy (non-hydrogen) atoms. The molecule has 0 aliphatic heterocycles. The minimum Gasteiger partial charge on any atom is -0.299 e. The van der Waals surface area contributed by atoms with Gasteiger partial charge >= 0.3 is 0 Å². The quantitative estimate of drug-likeness (QED) is 0.485. The Bertz CT molecular complexity index is 883. The number of hydrogen-bond acceptors (Lipinski definition) is 5. The van der Waals surface area contributed by atoms with Crippen molar-refractivity contribution in [2.45, 2.75) is 45.0 Å². The summed E-state index contributed by atoms with van der Waals surface area (Å²) in [5.74, 6) is 0.331. The van der Waals surface area contributed by atoms with Gasteiger partial charge in [-0.2, -0.15) is 0 Å². The van der Waals surface area contributed by atoms with Crippen molar-refractivity contribution >= 4 is 17.5 Å². The predicted octanol–water partition coefficient (Wildman–Crippen LogP) is 5.94. The minimum atomic E-state index is -0.178.